The highest BCUT2D eigenvalue weighted by atomic mass is 16.5. The van der Waals surface area contributed by atoms with Crippen molar-refractivity contribution in [2.24, 2.45) is 23.4 Å². The van der Waals surface area contributed by atoms with E-state index in [0.29, 0.717) is 18.5 Å². The lowest BCUT2D eigenvalue weighted by Crippen LogP contribution is -2.49. The molecule has 2 aliphatic rings. The maximum absolute atomic E-state index is 6.15. The van der Waals surface area contributed by atoms with Crippen LogP contribution in [0.4, 0.5) is 0 Å². The van der Waals surface area contributed by atoms with Crippen LogP contribution in [0.3, 0.4) is 0 Å². The minimum absolute atomic E-state index is 0.152. The predicted octanol–water partition coefficient (Wildman–Crippen LogP) is 2.94. The fraction of sp³-hybridized carbons (Fsp3) is 0.857. The fourth-order valence-corrected chi connectivity index (χ4v) is 4.39. The number of aryl methyl sites for hydroxylation is 1. The van der Waals surface area contributed by atoms with Gasteiger partial charge in [-0.1, -0.05) is 33.6 Å². The van der Waals surface area contributed by atoms with E-state index in [9.17, 15) is 0 Å². The van der Waals surface area contributed by atoms with Crippen molar-refractivity contribution in [3.05, 3.63) is 11.6 Å². The number of hydrogen-bond donors (Lipinski definition) is 2. The van der Waals surface area contributed by atoms with E-state index in [0.717, 1.165) is 37.2 Å². The molecular weight excluding hydrogens is 352 g/mol. The molecule has 1 aromatic rings. The van der Waals surface area contributed by atoms with Crippen LogP contribution in [0.15, 0.2) is 4.99 Å². The highest BCUT2D eigenvalue weighted by molar-refractivity contribution is 5.80. The van der Waals surface area contributed by atoms with E-state index in [1.807, 2.05) is 18.5 Å². The number of aliphatic imine (C=N–C) groups is 1. The number of rotatable bonds is 5. The molecule has 0 aromatic carbocycles. The number of hydrogen-bond acceptors (Lipinski definition) is 4. The Morgan fingerprint density at radius 3 is 2.57 bits per heavy atom. The van der Waals surface area contributed by atoms with Gasteiger partial charge in [0.1, 0.15) is 12.4 Å². The van der Waals surface area contributed by atoms with Crippen LogP contribution in [0.2, 0.25) is 0 Å². The summed E-state index contributed by atoms with van der Waals surface area (Å²) >= 11 is 0. The first-order chi connectivity index (χ1) is 13.3. The molecule has 0 spiro atoms. The van der Waals surface area contributed by atoms with Gasteiger partial charge in [0.2, 0.25) is 0 Å². The van der Waals surface area contributed by atoms with E-state index in [1.54, 1.807) is 0 Å². The monoisotopic (exact) mass is 390 g/mol. The topological polar surface area (TPSA) is 76.4 Å². The van der Waals surface area contributed by atoms with Gasteiger partial charge in [-0.05, 0) is 38.0 Å². The molecular formula is C21H38N6O. The lowest BCUT2D eigenvalue weighted by atomic mass is 9.78. The number of nitrogens with zero attached hydrogens (tertiary/aromatic N) is 4. The largest absolute Gasteiger partial charge is 0.377 e. The van der Waals surface area contributed by atoms with Gasteiger partial charge in [0.05, 0.1) is 6.10 Å². The smallest absolute Gasteiger partial charge is 0.191 e. The molecule has 1 aliphatic heterocycles. The molecule has 7 heteroatoms. The molecule has 7 nitrogen and oxygen atoms in total. The third kappa shape index (κ3) is 5.46. The second-order valence-electron chi connectivity index (χ2n) is 9.45. The molecule has 2 heterocycles. The summed E-state index contributed by atoms with van der Waals surface area (Å²) in [5, 5.41) is 15.6. The molecule has 1 aromatic heterocycles. The van der Waals surface area contributed by atoms with Crippen LogP contribution in [0, 0.1) is 18.3 Å². The summed E-state index contributed by atoms with van der Waals surface area (Å²) in [5.41, 5.74) is 0.152. The number of aromatic nitrogens is 3. The molecule has 1 aliphatic carbocycles. The van der Waals surface area contributed by atoms with Crippen LogP contribution in [0.1, 0.15) is 70.9 Å². The zero-order valence-corrected chi connectivity index (χ0v) is 18.3. The second-order valence-corrected chi connectivity index (χ2v) is 9.45. The highest BCUT2D eigenvalue weighted by Crippen LogP contribution is 2.33. The van der Waals surface area contributed by atoms with Crippen molar-refractivity contribution < 1.29 is 4.74 Å². The Bertz CT molecular complexity index is 656. The maximum atomic E-state index is 6.15. The summed E-state index contributed by atoms with van der Waals surface area (Å²) in [5.74, 6) is 3.20. The average molecular weight is 391 g/mol. The van der Waals surface area contributed by atoms with Crippen LogP contribution in [0.5, 0.6) is 0 Å². The number of nitrogens with one attached hydrogen (secondary N) is 2. The van der Waals surface area contributed by atoms with Crippen molar-refractivity contribution in [2.45, 2.75) is 84.9 Å². The minimum atomic E-state index is 0.152. The van der Waals surface area contributed by atoms with Gasteiger partial charge in [0, 0.05) is 32.2 Å². The summed E-state index contributed by atoms with van der Waals surface area (Å²) in [4.78, 5) is 4.83. The van der Waals surface area contributed by atoms with Crippen LogP contribution in [0.25, 0.3) is 0 Å². The standard InChI is InChI=1S/C21H38N6O/c1-15-25-26-18(27(15)5)14-23-20(24-17-10-6-7-11-17)22-13-16-9-8-12-28-19(16)21(2,3)4/h16-17,19H,6-14H2,1-5H3,(H2,22,23,24). The van der Waals surface area contributed by atoms with Crippen LogP contribution < -0.4 is 10.6 Å². The molecule has 28 heavy (non-hydrogen) atoms. The summed E-state index contributed by atoms with van der Waals surface area (Å²) in [6.07, 6.45) is 7.67. The van der Waals surface area contributed by atoms with E-state index in [4.69, 9.17) is 9.73 Å². The lowest BCUT2D eigenvalue weighted by molar-refractivity contribution is -0.0835. The number of ether oxygens (including phenoxy) is 1. The third-order valence-corrected chi connectivity index (χ3v) is 6.09. The average Bonchev–Trinajstić information content (AvgIpc) is 3.28. The van der Waals surface area contributed by atoms with E-state index >= 15 is 0 Å². The highest BCUT2D eigenvalue weighted by Gasteiger charge is 2.35. The zero-order chi connectivity index (χ0) is 20.1. The summed E-state index contributed by atoms with van der Waals surface area (Å²) < 4.78 is 8.15. The second kappa shape index (κ2) is 9.25. The SMILES string of the molecule is Cc1nnc(CN=C(NCC2CCCOC2C(C)(C)C)NC2CCCC2)n1C. The van der Waals surface area contributed by atoms with Crippen molar-refractivity contribution in [3.8, 4) is 0 Å². The van der Waals surface area contributed by atoms with Crippen LogP contribution in [-0.2, 0) is 18.3 Å². The molecule has 2 atom stereocenters. The number of guanidine groups is 1. The van der Waals surface area contributed by atoms with Crippen molar-refractivity contribution in [1.82, 2.24) is 25.4 Å². The molecule has 0 bridgehead atoms. The Balaban J connectivity index is 1.65. The van der Waals surface area contributed by atoms with Gasteiger partial charge in [0.25, 0.3) is 0 Å². The van der Waals surface area contributed by atoms with Crippen molar-refractivity contribution >= 4 is 5.96 Å². The third-order valence-electron chi connectivity index (χ3n) is 6.09. The van der Waals surface area contributed by atoms with E-state index in [1.165, 1.54) is 32.1 Å². The molecule has 3 rings (SSSR count). The van der Waals surface area contributed by atoms with Crippen molar-refractivity contribution in [1.29, 1.82) is 0 Å². The predicted molar refractivity (Wildman–Crippen MR) is 112 cm³/mol. The first kappa shape index (κ1) is 21.1. The molecule has 2 unspecified atom stereocenters. The zero-order valence-electron chi connectivity index (χ0n) is 18.3. The fourth-order valence-electron chi connectivity index (χ4n) is 4.39. The maximum Gasteiger partial charge on any atom is 0.191 e. The van der Waals surface area contributed by atoms with Crippen LogP contribution >= 0.6 is 0 Å². The Kier molecular flexibility index (Phi) is 6.96. The van der Waals surface area contributed by atoms with Gasteiger partial charge in [0.15, 0.2) is 11.8 Å². The Morgan fingerprint density at radius 2 is 1.93 bits per heavy atom. The summed E-state index contributed by atoms with van der Waals surface area (Å²) in [7, 11) is 1.99. The molecule has 158 valence electrons. The van der Waals surface area contributed by atoms with Crippen LogP contribution in [-0.4, -0.2) is 46.0 Å². The molecule has 0 amide bonds. The van der Waals surface area contributed by atoms with E-state index < -0.39 is 0 Å². The first-order valence-corrected chi connectivity index (χ1v) is 10.9. The molecule has 1 saturated heterocycles. The Hall–Kier alpha value is -1.63. The molecule has 0 radical (unpaired) electrons. The molecule has 1 saturated carbocycles. The molecule has 2 fully saturated rings. The van der Waals surface area contributed by atoms with Gasteiger partial charge in [-0.15, -0.1) is 10.2 Å². The first-order valence-electron chi connectivity index (χ1n) is 10.9. The minimum Gasteiger partial charge on any atom is -0.377 e. The van der Waals surface area contributed by atoms with Gasteiger partial charge < -0.3 is 19.9 Å². The van der Waals surface area contributed by atoms with E-state index in [-0.39, 0.29) is 11.5 Å². The van der Waals surface area contributed by atoms with Crippen molar-refractivity contribution in [2.75, 3.05) is 13.2 Å². The Labute approximate surface area is 169 Å². The van der Waals surface area contributed by atoms with Gasteiger partial charge in [-0.2, -0.15) is 0 Å². The normalized spacial score (nSPS) is 24.5. The van der Waals surface area contributed by atoms with Gasteiger partial charge in [-0.3, -0.25) is 0 Å². The quantitative estimate of drug-likeness (QED) is 0.597. The summed E-state index contributed by atoms with van der Waals surface area (Å²) in [6.45, 7) is 11.1. The van der Waals surface area contributed by atoms with Gasteiger partial charge >= 0.3 is 0 Å². The Morgan fingerprint density at radius 1 is 1.18 bits per heavy atom. The summed E-state index contributed by atoms with van der Waals surface area (Å²) in [6, 6.07) is 0.522. The van der Waals surface area contributed by atoms with Crippen molar-refractivity contribution in [3.63, 3.8) is 0 Å². The van der Waals surface area contributed by atoms with E-state index in [2.05, 4.69) is 41.6 Å². The van der Waals surface area contributed by atoms with Gasteiger partial charge in [-0.25, -0.2) is 4.99 Å². The molecule has 2 N–H and O–H groups in total. The lowest BCUT2D eigenvalue weighted by Gasteiger charge is -2.40.